The van der Waals surface area contributed by atoms with Crippen LogP contribution in [0.25, 0.3) is 0 Å². The smallest absolute Gasteiger partial charge is 0.263 e. The minimum absolute atomic E-state index is 0.00771. The first kappa shape index (κ1) is 17.5. The molecule has 1 unspecified atom stereocenters. The third-order valence-corrected chi connectivity index (χ3v) is 6.38. The minimum atomic E-state index is -0.0551. The van der Waals surface area contributed by atoms with E-state index in [-0.39, 0.29) is 23.1 Å². The molecule has 1 saturated carbocycles. The zero-order chi connectivity index (χ0) is 17.2. The number of nitrogens with zero attached hydrogens (tertiary/aromatic N) is 1. The van der Waals surface area contributed by atoms with Gasteiger partial charge in [0, 0.05) is 25.0 Å². The van der Waals surface area contributed by atoms with Crippen LogP contribution in [0.4, 0.5) is 0 Å². The number of carbonyl (C=O) groups is 2. The maximum absolute atomic E-state index is 12.8. The van der Waals surface area contributed by atoms with Gasteiger partial charge in [0.25, 0.3) is 5.91 Å². The van der Waals surface area contributed by atoms with Crippen LogP contribution in [0.1, 0.15) is 55.6 Å². The largest absolute Gasteiger partial charge is 0.356 e. The molecule has 2 amide bonds. The lowest BCUT2D eigenvalue weighted by molar-refractivity contribution is -0.128. The predicted octanol–water partition coefficient (Wildman–Crippen LogP) is 3.54. The molecular weight excluding hydrogens is 320 g/mol. The number of nitrogens with one attached hydrogen (secondary N) is 1. The molecule has 24 heavy (non-hydrogen) atoms. The standard InChI is InChI=1S/C19H28N2O2S/c1-14(2)11-20-17(22)15-12-21(18(23)16-7-6-10-24-16)13-19(15)8-4-3-5-9-19/h6-7,10,14-15H,3-5,8-9,11-13H2,1-2H3,(H,20,22). The molecule has 0 radical (unpaired) electrons. The lowest BCUT2D eigenvalue weighted by Crippen LogP contribution is -2.43. The van der Waals surface area contributed by atoms with E-state index in [0.717, 1.165) is 24.3 Å². The number of thiophene rings is 1. The number of carbonyl (C=O) groups excluding carboxylic acids is 2. The first-order valence-electron chi connectivity index (χ1n) is 9.12. The summed E-state index contributed by atoms with van der Waals surface area (Å²) in [6.45, 7) is 6.24. The molecule has 5 heteroatoms. The van der Waals surface area contributed by atoms with Crippen LogP contribution in [0.5, 0.6) is 0 Å². The highest BCUT2D eigenvalue weighted by atomic mass is 32.1. The summed E-state index contributed by atoms with van der Waals surface area (Å²) < 4.78 is 0. The Morgan fingerprint density at radius 2 is 2.08 bits per heavy atom. The van der Waals surface area contributed by atoms with Crippen LogP contribution in [0, 0.1) is 17.3 Å². The summed E-state index contributed by atoms with van der Waals surface area (Å²) in [5.74, 6) is 0.628. The number of hydrogen-bond acceptors (Lipinski definition) is 3. The van der Waals surface area contributed by atoms with Crippen molar-refractivity contribution in [2.45, 2.75) is 46.0 Å². The zero-order valence-electron chi connectivity index (χ0n) is 14.7. The minimum Gasteiger partial charge on any atom is -0.356 e. The van der Waals surface area contributed by atoms with Crippen LogP contribution in [0.15, 0.2) is 17.5 Å². The van der Waals surface area contributed by atoms with Gasteiger partial charge in [0.15, 0.2) is 0 Å². The van der Waals surface area contributed by atoms with E-state index in [2.05, 4.69) is 19.2 Å². The Labute approximate surface area is 148 Å². The SMILES string of the molecule is CC(C)CNC(=O)C1CN(C(=O)c2cccs2)CC12CCCCC2. The van der Waals surface area contributed by atoms with E-state index in [1.165, 1.54) is 30.6 Å². The summed E-state index contributed by atoms with van der Waals surface area (Å²) in [5, 5.41) is 5.05. The molecule has 2 fully saturated rings. The van der Waals surface area contributed by atoms with E-state index in [1.807, 2.05) is 22.4 Å². The van der Waals surface area contributed by atoms with Gasteiger partial charge in [-0.25, -0.2) is 0 Å². The molecule has 0 bridgehead atoms. The van der Waals surface area contributed by atoms with Gasteiger partial charge in [-0.1, -0.05) is 39.2 Å². The fourth-order valence-corrected chi connectivity index (χ4v) is 4.92. The zero-order valence-corrected chi connectivity index (χ0v) is 15.5. The van der Waals surface area contributed by atoms with Crippen molar-refractivity contribution in [2.75, 3.05) is 19.6 Å². The molecule has 1 spiro atoms. The molecule has 1 atom stereocenters. The van der Waals surface area contributed by atoms with Crippen molar-refractivity contribution in [2.24, 2.45) is 17.3 Å². The molecule has 2 aliphatic rings. The van der Waals surface area contributed by atoms with Crippen LogP contribution in [0.3, 0.4) is 0 Å². The monoisotopic (exact) mass is 348 g/mol. The molecule has 1 aliphatic carbocycles. The second-order valence-electron chi connectivity index (χ2n) is 7.78. The van der Waals surface area contributed by atoms with E-state index in [1.54, 1.807) is 0 Å². The first-order valence-corrected chi connectivity index (χ1v) is 10.0. The number of rotatable bonds is 4. The molecular formula is C19H28N2O2S. The van der Waals surface area contributed by atoms with E-state index in [9.17, 15) is 9.59 Å². The van der Waals surface area contributed by atoms with Crippen molar-refractivity contribution in [3.63, 3.8) is 0 Å². The molecule has 1 aliphatic heterocycles. The maximum atomic E-state index is 12.8. The van der Waals surface area contributed by atoms with Crippen molar-refractivity contribution in [3.8, 4) is 0 Å². The summed E-state index contributed by atoms with van der Waals surface area (Å²) in [6.07, 6.45) is 5.74. The lowest BCUT2D eigenvalue weighted by atomic mass is 9.67. The molecule has 2 heterocycles. The molecule has 1 aromatic heterocycles. The molecule has 0 aromatic carbocycles. The summed E-state index contributed by atoms with van der Waals surface area (Å²) in [4.78, 5) is 28.3. The topological polar surface area (TPSA) is 49.4 Å². The Morgan fingerprint density at radius 3 is 2.71 bits per heavy atom. The van der Waals surface area contributed by atoms with E-state index in [0.29, 0.717) is 19.0 Å². The van der Waals surface area contributed by atoms with Crippen molar-refractivity contribution < 1.29 is 9.59 Å². The van der Waals surface area contributed by atoms with Crippen molar-refractivity contribution in [1.82, 2.24) is 10.2 Å². The molecule has 3 rings (SSSR count). The average molecular weight is 349 g/mol. The van der Waals surface area contributed by atoms with Crippen LogP contribution in [-0.2, 0) is 4.79 Å². The summed E-state index contributed by atoms with van der Waals surface area (Å²) in [6, 6.07) is 3.80. The Hall–Kier alpha value is -1.36. The van der Waals surface area contributed by atoms with Gasteiger partial charge in [-0.05, 0) is 30.2 Å². The number of hydrogen-bond donors (Lipinski definition) is 1. The van der Waals surface area contributed by atoms with Crippen LogP contribution in [-0.4, -0.2) is 36.3 Å². The van der Waals surface area contributed by atoms with Gasteiger partial charge in [-0.15, -0.1) is 11.3 Å². The number of amides is 2. The van der Waals surface area contributed by atoms with Gasteiger partial charge >= 0.3 is 0 Å². The summed E-state index contributed by atoms with van der Waals surface area (Å²) in [7, 11) is 0. The third kappa shape index (κ3) is 3.51. The third-order valence-electron chi connectivity index (χ3n) is 5.52. The van der Waals surface area contributed by atoms with Crippen LogP contribution >= 0.6 is 11.3 Å². The van der Waals surface area contributed by atoms with Gasteiger partial charge in [0.2, 0.25) is 5.91 Å². The van der Waals surface area contributed by atoms with Gasteiger partial charge in [0.05, 0.1) is 10.8 Å². The summed E-state index contributed by atoms with van der Waals surface area (Å²) >= 11 is 1.48. The van der Waals surface area contributed by atoms with Crippen molar-refractivity contribution in [1.29, 1.82) is 0 Å². The predicted molar refractivity (Wildman–Crippen MR) is 97.1 cm³/mol. The quantitative estimate of drug-likeness (QED) is 0.905. The highest BCUT2D eigenvalue weighted by molar-refractivity contribution is 7.12. The van der Waals surface area contributed by atoms with E-state index < -0.39 is 0 Å². The molecule has 132 valence electrons. The maximum Gasteiger partial charge on any atom is 0.263 e. The van der Waals surface area contributed by atoms with Crippen molar-refractivity contribution >= 4 is 23.2 Å². The van der Waals surface area contributed by atoms with Crippen LogP contribution in [0.2, 0.25) is 0 Å². The van der Waals surface area contributed by atoms with Crippen LogP contribution < -0.4 is 5.32 Å². The molecule has 4 nitrogen and oxygen atoms in total. The average Bonchev–Trinajstić information content (AvgIpc) is 3.21. The van der Waals surface area contributed by atoms with Gasteiger partial charge in [-0.2, -0.15) is 0 Å². The van der Waals surface area contributed by atoms with Crippen molar-refractivity contribution in [3.05, 3.63) is 22.4 Å². The molecule has 1 N–H and O–H groups in total. The molecule has 1 saturated heterocycles. The second-order valence-corrected chi connectivity index (χ2v) is 8.73. The highest BCUT2D eigenvalue weighted by Gasteiger charge is 2.51. The first-order chi connectivity index (χ1) is 11.5. The van der Waals surface area contributed by atoms with E-state index >= 15 is 0 Å². The van der Waals surface area contributed by atoms with Gasteiger partial charge in [-0.3, -0.25) is 9.59 Å². The normalized spacial score (nSPS) is 23.0. The van der Waals surface area contributed by atoms with Gasteiger partial charge < -0.3 is 10.2 Å². The van der Waals surface area contributed by atoms with Gasteiger partial charge in [0.1, 0.15) is 0 Å². The van der Waals surface area contributed by atoms with E-state index in [4.69, 9.17) is 0 Å². The Morgan fingerprint density at radius 1 is 1.33 bits per heavy atom. The fraction of sp³-hybridized carbons (Fsp3) is 0.684. The fourth-order valence-electron chi connectivity index (χ4n) is 4.23. The Kier molecular flexibility index (Phi) is 5.28. The lowest BCUT2D eigenvalue weighted by Gasteiger charge is -2.37. The molecule has 1 aromatic rings. The number of likely N-dealkylation sites (tertiary alicyclic amines) is 1. The Balaban J connectivity index is 1.77. The Bertz CT molecular complexity index is 576. The summed E-state index contributed by atoms with van der Waals surface area (Å²) in [5.41, 5.74) is -0.00771. The second kappa shape index (κ2) is 7.26. The highest BCUT2D eigenvalue weighted by Crippen LogP contribution is 2.48.